The molecule has 2 aromatic carbocycles. The molecule has 2 saturated heterocycles. The zero-order valence-corrected chi connectivity index (χ0v) is 26.1. The lowest BCUT2D eigenvalue weighted by Gasteiger charge is -2.46. The SMILES string of the molecule is CCCC(c1nc2cccc(CN3CCC(c4ccccc4)(N(C)C)CC3)c2c(=O)n1CC)N1C[C@@H](C)N[C@@H](C)C1. The van der Waals surface area contributed by atoms with Gasteiger partial charge in [0, 0.05) is 56.9 Å². The summed E-state index contributed by atoms with van der Waals surface area (Å²) in [7, 11) is 4.41. The van der Waals surface area contributed by atoms with Crippen molar-refractivity contribution in [1.82, 2.24) is 29.6 Å². The summed E-state index contributed by atoms with van der Waals surface area (Å²) < 4.78 is 1.96. The van der Waals surface area contributed by atoms with Crippen LogP contribution in [0, 0.1) is 0 Å². The van der Waals surface area contributed by atoms with Crippen molar-refractivity contribution in [2.75, 3.05) is 40.3 Å². The lowest BCUT2D eigenvalue weighted by Crippen LogP contribution is -2.55. The van der Waals surface area contributed by atoms with Crippen LogP contribution >= 0.6 is 0 Å². The minimum absolute atomic E-state index is 0.0508. The first-order valence-electron chi connectivity index (χ1n) is 15.7. The quantitative estimate of drug-likeness (QED) is 0.399. The zero-order chi connectivity index (χ0) is 29.1. The third-order valence-corrected chi connectivity index (χ3v) is 9.55. The number of hydrogen-bond donors (Lipinski definition) is 1. The van der Waals surface area contributed by atoms with Crippen molar-refractivity contribution in [2.45, 2.75) is 90.1 Å². The highest BCUT2D eigenvalue weighted by Gasteiger charge is 2.38. The Balaban J connectivity index is 1.44. The molecule has 3 heterocycles. The van der Waals surface area contributed by atoms with Gasteiger partial charge in [0.25, 0.3) is 5.56 Å². The number of hydrogen-bond acceptors (Lipinski definition) is 6. The first-order chi connectivity index (χ1) is 19.8. The average molecular weight is 559 g/mol. The summed E-state index contributed by atoms with van der Waals surface area (Å²) in [5.41, 5.74) is 3.50. The normalized spacial score (nSPS) is 22.8. The highest BCUT2D eigenvalue weighted by molar-refractivity contribution is 5.81. The molecule has 0 aliphatic carbocycles. The van der Waals surface area contributed by atoms with Crippen LogP contribution in [0.25, 0.3) is 10.9 Å². The van der Waals surface area contributed by atoms with Gasteiger partial charge in [0.2, 0.25) is 0 Å². The van der Waals surface area contributed by atoms with Gasteiger partial charge in [0.1, 0.15) is 5.82 Å². The van der Waals surface area contributed by atoms with Gasteiger partial charge in [-0.05, 0) is 71.3 Å². The second kappa shape index (κ2) is 12.7. The summed E-state index contributed by atoms with van der Waals surface area (Å²) in [5, 5.41) is 4.45. The van der Waals surface area contributed by atoms with Crippen LogP contribution in [0.4, 0.5) is 0 Å². The molecule has 0 spiro atoms. The maximum Gasteiger partial charge on any atom is 0.261 e. The first-order valence-corrected chi connectivity index (χ1v) is 15.7. The van der Waals surface area contributed by atoms with Gasteiger partial charge in [0.15, 0.2) is 0 Å². The fraction of sp³-hybridized carbons (Fsp3) is 0.588. The van der Waals surface area contributed by atoms with Crippen LogP contribution in [0.3, 0.4) is 0 Å². The molecule has 2 aliphatic heterocycles. The van der Waals surface area contributed by atoms with Gasteiger partial charge < -0.3 is 5.32 Å². The summed E-state index contributed by atoms with van der Waals surface area (Å²) in [6, 6.07) is 18.2. The van der Waals surface area contributed by atoms with Crippen molar-refractivity contribution in [1.29, 1.82) is 0 Å². The molecule has 7 nitrogen and oxygen atoms in total. The van der Waals surface area contributed by atoms with E-state index in [9.17, 15) is 4.79 Å². The van der Waals surface area contributed by atoms with Crippen LogP contribution in [-0.2, 0) is 18.6 Å². The molecule has 1 unspecified atom stereocenters. The van der Waals surface area contributed by atoms with Crippen molar-refractivity contribution in [3.8, 4) is 0 Å². The van der Waals surface area contributed by atoms with Gasteiger partial charge >= 0.3 is 0 Å². The van der Waals surface area contributed by atoms with Crippen molar-refractivity contribution in [3.05, 3.63) is 75.8 Å². The third-order valence-electron chi connectivity index (χ3n) is 9.55. The van der Waals surface area contributed by atoms with Crippen LogP contribution in [0.5, 0.6) is 0 Å². The second-order valence-electron chi connectivity index (χ2n) is 12.6. The molecular weight excluding hydrogens is 508 g/mol. The minimum atomic E-state index is 0.0508. The maximum atomic E-state index is 14.2. The van der Waals surface area contributed by atoms with Crippen molar-refractivity contribution >= 4 is 10.9 Å². The second-order valence-corrected chi connectivity index (χ2v) is 12.6. The van der Waals surface area contributed by atoms with Crippen molar-refractivity contribution in [2.24, 2.45) is 0 Å². The van der Waals surface area contributed by atoms with E-state index in [1.807, 2.05) is 10.6 Å². The summed E-state index contributed by atoms with van der Waals surface area (Å²) in [6.45, 7) is 14.2. The molecule has 7 heteroatoms. The largest absolute Gasteiger partial charge is 0.309 e. The molecule has 5 rings (SSSR count). The van der Waals surface area contributed by atoms with E-state index in [1.165, 1.54) is 5.56 Å². The predicted molar refractivity (Wildman–Crippen MR) is 169 cm³/mol. The Labute approximate surface area is 246 Å². The summed E-state index contributed by atoms with van der Waals surface area (Å²) >= 11 is 0. The van der Waals surface area contributed by atoms with Gasteiger partial charge in [-0.3, -0.25) is 24.1 Å². The van der Waals surface area contributed by atoms with Crippen LogP contribution in [0.1, 0.15) is 76.4 Å². The van der Waals surface area contributed by atoms with E-state index in [1.54, 1.807) is 0 Å². The zero-order valence-electron chi connectivity index (χ0n) is 26.1. The molecule has 1 aromatic heterocycles. The fourth-order valence-corrected chi connectivity index (χ4v) is 7.48. The minimum Gasteiger partial charge on any atom is -0.309 e. The number of rotatable bonds is 9. The first kappa shape index (κ1) is 29.9. The smallest absolute Gasteiger partial charge is 0.261 e. The standard InChI is InChI=1S/C34H50N6O/c1-7-13-30(39-22-25(3)35-26(4)23-39)32-36-29-17-12-14-27(31(29)33(41)40(32)8-2)24-38-20-18-34(19-21-38,37(5)6)28-15-10-9-11-16-28/h9-12,14-17,25-26,30,35H,7-8,13,18-24H2,1-6H3/t25-,26+,30?. The Bertz CT molecular complexity index is 1350. The highest BCUT2D eigenvalue weighted by atomic mass is 16.1. The number of nitrogens with one attached hydrogen (secondary N) is 1. The van der Waals surface area contributed by atoms with Crippen LogP contribution in [0.2, 0.25) is 0 Å². The topological polar surface area (TPSA) is 56.6 Å². The maximum absolute atomic E-state index is 14.2. The van der Waals surface area contributed by atoms with Crippen molar-refractivity contribution in [3.63, 3.8) is 0 Å². The van der Waals surface area contributed by atoms with Crippen molar-refractivity contribution < 1.29 is 0 Å². The van der Waals surface area contributed by atoms with Gasteiger partial charge in [-0.1, -0.05) is 55.8 Å². The molecule has 0 saturated carbocycles. The Hall–Kier alpha value is -2.58. The number of aromatic nitrogens is 2. The van der Waals surface area contributed by atoms with E-state index in [0.717, 1.165) is 80.7 Å². The monoisotopic (exact) mass is 558 g/mol. The van der Waals surface area contributed by atoms with Crippen LogP contribution in [-0.4, -0.2) is 76.6 Å². The lowest BCUT2D eigenvalue weighted by molar-refractivity contribution is 0.0509. The van der Waals surface area contributed by atoms with E-state index >= 15 is 0 Å². The van der Waals surface area contributed by atoms with E-state index in [2.05, 4.69) is 104 Å². The van der Waals surface area contributed by atoms with E-state index in [-0.39, 0.29) is 17.1 Å². The van der Waals surface area contributed by atoms with Gasteiger partial charge in [-0.2, -0.15) is 0 Å². The van der Waals surface area contributed by atoms with E-state index in [0.29, 0.717) is 18.6 Å². The number of fused-ring (bicyclic) bond motifs is 1. The summed E-state index contributed by atoms with van der Waals surface area (Å²) in [6.07, 6.45) is 4.19. The molecule has 3 aromatic rings. The van der Waals surface area contributed by atoms with Gasteiger partial charge in [-0.25, -0.2) is 4.98 Å². The number of likely N-dealkylation sites (tertiary alicyclic amines) is 1. The fourth-order valence-electron chi connectivity index (χ4n) is 7.48. The Morgan fingerprint density at radius 2 is 1.68 bits per heavy atom. The van der Waals surface area contributed by atoms with E-state index in [4.69, 9.17) is 4.98 Å². The molecule has 2 aliphatic rings. The number of nitrogens with zero attached hydrogens (tertiary/aromatic N) is 5. The Kier molecular flexibility index (Phi) is 9.29. The number of piperidine rings is 1. The molecule has 0 radical (unpaired) electrons. The molecule has 222 valence electrons. The molecule has 41 heavy (non-hydrogen) atoms. The third kappa shape index (κ3) is 6.00. The summed E-state index contributed by atoms with van der Waals surface area (Å²) in [5.74, 6) is 0.932. The average Bonchev–Trinajstić information content (AvgIpc) is 2.96. The van der Waals surface area contributed by atoms with Gasteiger partial charge in [0.05, 0.1) is 16.9 Å². The molecule has 0 bridgehead atoms. The van der Waals surface area contributed by atoms with Crippen LogP contribution in [0.15, 0.2) is 53.3 Å². The molecule has 0 amide bonds. The molecular formula is C34H50N6O. The van der Waals surface area contributed by atoms with Gasteiger partial charge in [-0.15, -0.1) is 0 Å². The number of benzene rings is 2. The molecule has 3 atom stereocenters. The van der Waals surface area contributed by atoms with E-state index < -0.39 is 0 Å². The van der Waals surface area contributed by atoms with Crippen LogP contribution < -0.4 is 10.9 Å². The summed E-state index contributed by atoms with van der Waals surface area (Å²) in [4.78, 5) is 26.9. The number of piperazine rings is 1. The Morgan fingerprint density at radius 1 is 1.00 bits per heavy atom. The molecule has 2 fully saturated rings. The Morgan fingerprint density at radius 3 is 2.29 bits per heavy atom. The molecule has 1 N–H and O–H groups in total. The predicted octanol–water partition coefficient (Wildman–Crippen LogP) is 4.99. The lowest BCUT2D eigenvalue weighted by atomic mass is 9.79. The highest BCUT2D eigenvalue weighted by Crippen LogP contribution is 2.38.